The smallest absolute Gasteiger partial charge is 0.336 e. The van der Waals surface area contributed by atoms with Gasteiger partial charge >= 0.3 is 5.97 Å². The Bertz CT molecular complexity index is 556. The molecule has 0 aromatic heterocycles. The number of aromatic carboxylic acids is 1. The predicted molar refractivity (Wildman–Crippen MR) is 64.4 cm³/mol. The van der Waals surface area contributed by atoms with Crippen LogP contribution >= 0.6 is 0 Å². The molecule has 1 aliphatic rings. The Morgan fingerprint density at radius 3 is 2.25 bits per heavy atom. The van der Waals surface area contributed by atoms with Crippen molar-refractivity contribution in [1.82, 2.24) is 5.32 Å². The van der Waals surface area contributed by atoms with E-state index in [4.69, 9.17) is 10.2 Å². The number of aliphatic hydroxyl groups excluding tert-OH is 1. The van der Waals surface area contributed by atoms with Gasteiger partial charge < -0.3 is 15.5 Å². The van der Waals surface area contributed by atoms with Crippen molar-refractivity contribution in [2.24, 2.45) is 5.92 Å². The van der Waals surface area contributed by atoms with E-state index < -0.39 is 34.6 Å². The third-order valence-corrected chi connectivity index (χ3v) is 3.30. The largest absolute Gasteiger partial charge is 0.478 e. The summed E-state index contributed by atoms with van der Waals surface area (Å²) in [7, 11) is 0. The molecule has 1 saturated carbocycles. The lowest BCUT2D eigenvalue weighted by atomic mass is 9.82. The number of hydrogen-bond donors (Lipinski definition) is 3. The van der Waals surface area contributed by atoms with Crippen LogP contribution in [0.5, 0.6) is 0 Å². The van der Waals surface area contributed by atoms with Crippen molar-refractivity contribution in [3.05, 3.63) is 34.9 Å². The van der Waals surface area contributed by atoms with Gasteiger partial charge in [-0.3, -0.25) is 4.79 Å². The number of nitrogens with one attached hydrogen (secondary N) is 1. The second-order valence-corrected chi connectivity index (χ2v) is 4.82. The van der Waals surface area contributed by atoms with Gasteiger partial charge in [-0.15, -0.1) is 0 Å². The Morgan fingerprint density at radius 2 is 1.75 bits per heavy atom. The second-order valence-electron chi connectivity index (χ2n) is 4.82. The number of amides is 1. The fraction of sp³-hybridized carbons (Fsp3) is 0.385. The van der Waals surface area contributed by atoms with Gasteiger partial charge in [-0.05, 0) is 30.9 Å². The molecule has 0 spiro atoms. The van der Waals surface area contributed by atoms with Crippen molar-refractivity contribution < 1.29 is 28.6 Å². The summed E-state index contributed by atoms with van der Waals surface area (Å²) >= 11 is 0. The topological polar surface area (TPSA) is 86.6 Å². The minimum absolute atomic E-state index is 0.118. The second kappa shape index (κ2) is 5.54. The Kier molecular flexibility index (Phi) is 3.99. The molecule has 2 rings (SSSR count). The van der Waals surface area contributed by atoms with Crippen molar-refractivity contribution in [3.8, 4) is 0 Å². The Labute approximate surface area is 113 Å². The minimum atomic E-state index is -1.51. The highest BCUT2D eigenvalue weighted by Crippen LogP contribution is 2.26. The molecule has 0 radical (unpaired) electrons. The third kappa shape index (κ3) is 2.93. The average Bonchev–Trinajstić information content (AvgIpc) is 2.35. The van der Waals surface area contributed by atoms with E-state index in [-0.39, 0.29) is 18.6 Å². The van der Waals surface area contributed by atoms with Gasteiger partial charge in [-0.2, -0.15) is 0 Å². The molecule has 7 heteroatoms. The molecule has 3 N–H and O–H groups in total. The average molecular weight is 285 g/mol. The van der Waals surface area contributed by atoms with Crippen LogP contribution in [0.1, 0.15) is 33.6 Å². The van der Waals surface area contributed by atoms with Crippen molar-refractivity contribution >= 4 is 11.9 Å². The maximum atomic E-state index is 13.1. The van der Waals surface area contributed by atoms with Gasteiger partial charge in [-0.1, -0.05) is 0 Å². The van der Waals surface area contributed by atoms with Crippen LogP contribution < -0.4 is 5.32 Å². The minimum Gasteiger partial charge on any atom is -0.478 e. The number of carboxylic acid groups (broad SMARTS) is 1. The van der Waals surface area contributed by atoms with Crippen LogP contribution in [0.3, 0.4) is 0 Å². The highest BCUT2D eigenvalue weighted by Gasteiger charge is 2.28. The van der Waals surface area contributed by atoms with Gasteiger partial charge in [-0.25, -0.2) is 13.6 Å². The summed E-state index contributed by atoms with van der Waals surface area (Å²) in [5.41, 5.74) is -1.01. The molecule has 0 saturated heterocycles. The molecule has 5 nitrogen and oxygen atoms in total. The first kappa shape index (κ1) is 14.4. The predicted octanol–water partition coefficient (Wildman–Crippen LogP) is 1.16. The zero-order valence-corrected chi connectivity index (χ0v) is 10.4. The van der Waals surface area contributed by atoms with E-state index >= 15 is 0 Å². The molecule has 1 aromatic carbocycles. The molecular weight excluding hydrogens is 272 g/mol. The summed E-state index contributed by atoms with van der Waals surface area (Å²) in [5.74, 6) is -4.76. The van der Waals surface area contributed by atoms with Crippen molar-refractivity contribution in [3.63, 3.8) is 0 Å². The molecule has 0 atom stereocenters. The highest BCUT2D eigenvalue weighted by molar-refractivity contribution is 6.04. The van der Waals surface area contributed by atoms with Crippen LogP contribution in [0, 0.1) is 17.6 Å². The standard InChI is InChI=1S/C13H13F2NO4/c14-10-3-8(9(13(19)20)4-11(10)15)12(18)16-5-6-1-7(17)2-6/h3-4,6-7,17H,1-2,5H2,(H,16,18)(H,19,20). The van der Waals surface area contributed by atoms with Crippen molar-refractivity contribution in [2.45, 2.75) is 18.9 Å². The first-order chi connectivity index (χ1) is 9.38. The lowest BCUT2D eigenvalue weighted by Crippen LogP contribution is -2.38. The lowest BCUT2D eigenvalue weighted by molar-refractivity contribution is 0.0420. The van der Waals surface area contributed by atoms with Crippen LogP contribution in [0.4, 0.5) is 8.78 Å². The molecule has 1 amide bonds. The van der Waals surface area contributed by atoms with Crippen LogP contribution in [-0.2, 0) is 0 Å². The fourth-order valence-corrected chi connectivity index (χ4v) is 2.11. The summed E-state index contributed by atoms with van der Waals surface area (Å²) in [4.78, 5) is 22.8. The molecule has 1 fully saturated rings. The van der Waals surface area contributed by atoms with Crippen LogP contribution in [0.15, 0.2) is 12.1 Å². The number of carboxylic acids is 1. The van der Waals surface area contributed by atoms with Gasteiger partial charge in [0.2, 0.25) is 0 Å². The highest BCUT2D eigenvalue weighted by atomic mass is 19.2. The van der Waals surface area contributed by atoms with E-state index in [1.165, 1.54) is 0 Å². The molecule has 0 bridgehead atoms. The molecule has 1 aromatic rings. The third-order valence-electron chi connectivity index (χ3n) is 3.30. The fourth-order valence-electron chi connectivity index (χ4n) is 2.11. The number of hydrogen-bond acceptors (Lipinski definition) is 3. The summed E-state index contributed by atoms with van der Waals surface area (Å²) in [6.45, 7) is 0.258. The molecular formula is C13H13F2NO4. The summed E-state index contributed by atoms with van der Waals surface area (Å²) < 4.78 is 26.1. The first-order valence-corrected chi connectivity index (χ1v) is 6.07. The summed E-state index contributed by atoms with van der Waals surface area (Å²) in [6, 6.07) is 1.06. The van der Waals surface area contributed by atoms with Crippen LogP contribution in [-0.4, -0.2) is 34.7 Å². The monoisotopic (exact) mass is 285 g/mol. The number of benzene rings is 1. The van der Waals surface area contributed by atoms with Gasteiger partial charge in [0.15, 0.2) is 11.6 Å². The zero-order valence-electron chi connectivity index (χ0n) is 10.4. The van der Waals surface area contributed by atoms with Gasteiger partial charge in [0.25, 0.3) is 5.91 Å². The number of carbonyl (C=O) groups is 2. The van der Waals surface area contributed by atoms with Gasteiger partial charge in [0.1, 0.15) is 0 Å². The summed E-state index contributed by atoms with van der Waals surface area (Å²) in [6.07, 6.45) is 0.753. The quantitative estimate of drug-likeness (QED) is 0.775. The molecule has 108 valence electrons. The Morgan fingerprint density at radius 1 is 1.20 bits per heavy atom. The first-order valence-electron chi connectivity index (χ1n) is 6.07. The number of carbonyl (C=O) groups excluding carboxylic acids is 1. The Balaban J connectivity index is 2.12. The number of aliphatic hydroxyl groups is 1. The molecule has 0 unspecified atom stereocenters. The van der Waals surface area contributed by atoms with E-state index in [0.29, 0.717) is 25.0 Å². The molecule has 0 aliphatic heterocycles. The van der Waals surface area contributed by atoms with Crippen LogP contribution in [0.2, 0.25) is 0 Å². The lowest BCUT2D eigenvalue weighted by Gasteiger charge is -2.31. The molecule has 1 aliphatic carbocycles. The maximum Gasteiger partial charge on any atom is 0.336 e. The van der Waals surface area contributed by atoms with Crippen molar-refractivity contribution in [2.75, 3.05) is 6.54 Å². The van der Waals surface area contributed by atoms with E-state index in [9.17, 15) is 18.4 Å². The van der Waals surface area contributed by atoms with Gasteiger partial charge in [0.05, 0.1) is 17.2 Å². The van der Waals surface area contributed by atoms with E-state index in [2.05, 4.69) is 5.32 Å². The van der Waals surface area contributed by atoms with Gasteiger partial charge in [0, 0.05) is 6.54 Å². The Hall–Kier alpha value is -2.02. The molecule has 20 heavy (non-hydrogen) atoms. The van der Waals surface area contributed by atoms with E-state index in [1.54, 1.807) is 0 Å². The molecule has 0 heterocycles. The summed E-state index contributed by atoms with van der Waals surface area (Å²) in [5, 5.41) is 20.5. The number of rotatable bonds is 4. The normalized spacial score (nSPS) is 21.1. The van der Waals surface area contributed by atoms with Crippen LogP contribution in [0.25, 0.3) is 0 Å². The van der Waals surface area contributed by atoms with E-state index in [1.807, 2.05) is 0 Å². The zero-order chi connectivity index (χ0) is 14.9. The maximum absolute atomic E-state index is 13.1. The SMILES string of the molecule is O=C(O)c1cc(F)c(F)cc1C(=O)NCC1CC(O)C1. The number of halogens is 2. The van der Waals surface area contributed by atoms with Crippen molar-refractivity contribution in [1.29, 1.82) is 0 Å². The van der Waals surface area contributed by atoms with E-state index in [0.717, 1.165) is 0 Å².